The summed E-state index contributed by atoms with van der Waals surface area (Å²) in [6.45, 7) is 7.87. The fourth-order valence-corrected chi connectivity index (χ4v) is 2.74. The van der Waals surface area contributed by atoms with E-state index in [4.69, 9.17) is 0 Å². The van der Waals surface area contributed by atoms with E-state index in [9.17, 15) is 0 Å². The first-order valence-electron chi connectivity index (χ1n) is 7.79. The van der Waals surface area contributed by atoms with Gasteiger partial charge in [0.2, 0.25) is 0 Å². The van der Waals surface area contributed by atoms with Crippen molar-refractivity contribution in [2.45, 2.75) is 65.3 Å². The number of hydrogen-bond donors (Lipinski definition) is 1. The Hall–Kier alpha value is -0.900. The van der Waals surface area contributed by atoms with Crippen molar-refractivity contribution >= 4 is 0 Å². The van der Waals surface area contributed by atoms with Gasteiger partial charge >= 0.3 is 0 Å². The molecule has 0 aromatic carbocycles. The summed E-state index contributed by atoms with van der Waals surface area (Å²) in [5.74, 6) is 0.753. The zero-order valence-corrected chi connectivity index (χ0v) is 13.0. The van der Waals surface area contributed by atoms with Gasteiger partial charge in [-0.25, -0.2) is 0 Å². The average molecular weight is 266 g/mol. The fraction of sp³-hybridized carbons (Fsp3) is 0.867. The van der Waals surface area contributed by atoms with Crippen LogP contribution in [0.5, 0.6) is 0 Å². The first-order valence-corrected chi connectivity index (χ1v) is 7.79. The van der Waals surface area contributed by atoms with Crippen molar-refractivity contribution in [3.8, 4) is 0 Å². The number of nitrogens with zero attached hydrogens (tertiary/aromatic N) is 3. The van der Waals surface area contributed by atoms with Gasteiger partial charge in [-0.3, -0.25) is 4.68 Å². The molecule has 0 aliphatic rings. The summed E-state index contributed by atoms with van der Waals surface area (Å²) in [5.41, 5.74) is 1.10. The minimum Gasteiger partial charge on any atom is -0.313 e. The highest BCUT2D eigenvalue weighted by Crippen LogP contribution is 2.20. The second-order valence-corrected chi connectivity index (χ2v) is 5.49. The molecule has 110 valence electrons. The van der Waals surface area contributed by atoms with Crippen molar-refractivity contribution < 1.29 is 0 Å². The third-order valence-corrected chi connectivity index (χ3v) is 3.62. The molecular weight excluding hydrogens is 236 g/mol. The zero-order chi connectivity index (χ0) is 14.1. The Balaban J connectivity index is 2.67. The molecule has 0 saturated heterocycles. The smallest absolute Gasteiger partial charge is 0.0842 e. The summed E-state index contributed by atoms with van der Waals surface area (Å²) < 4.78 is 1.79. The molecular formula is C15H30N4. The van der Waals surface area contributed by atoms with Crippen molar-refractivity contribution in [2.75, 3.05) is 6.54 Å². The van der Waals surface area contributed by atoms with Gasteiger partial charge in [-0.05, 0) is 31.7 Å². The largest absolute Gasteiger partial charge is 0.313 e. The first-order chi connectivity index (χ1) is 9.21. The molecule has 1 N–H and O–H groups in total. The maximum atomic E-state index is 4.24. The predicted octanol–water partition coefficient (Wildman–Crippen LogP) is 2.94. The molecule has 0 aliphatic heterocycles. The third kappa shape index (κ3) is 5.72. The topological polar surface area (TPSA) is 42.7 Å². The number of hydrogen-bond acceptors (Lipinski definition) is 3. The van der Waals surface area contributed by atoms with E-state index < -0.39 is 0 Å². The van der Waals surface area contributed by atoms with Gasteiger partial charge in [-0.15, -0.1) is 5.10 Å². The summed E-state index contributed by atoms with van der Waals surface area (Å²) in [7, 11) is 1.93. The number of aryl methyl sites for hydroxylation is 1. The summed E-state index contributed by atoms with van der Waals surface area (Å²) in [6, 6.07) is 0.538. The van der Waals surface area contributed by atoms with Gasteiger partial charge in [0.25, 0.3) is 0 Å². The molecule has 4 nitrogen and oxygen atoms in total. The van der Waals surface area contributed by atoms with Gasteiger partial charge in [0.15, 0.2) is 0 Å². The van der Waals surface area contributed by atoms with Crippen LogP contribution in [0, 0.1) is 5.92 Å². The Bertz CT molecular complexity index is 329. The summed E-state index contributed by atoms with van der Waals surface area (Å²) in [4.78, 5) is 0. The molecule has 0 amide bonds. The number of rotatable bonds is 10. The van der Waals surface area contributed by atoms with Crippen LogP contribution in [0.3, 0.4) is 0 Å². The molecule has 0 spiro atoms. The van der Waals surface area contributed by atoms with E-state index in [-0.39, 0.29) is 0 Å². The monoisotopic (exact) mass is 266 g/mol. The summed E-state index contributed by atoms with van der Waals surface area (Å²) in [5, 5.41) is 12.0. The molecule has 4 heteroatoms. The number of nitrogens with one attached hydrogen (secondary N) is 1. The van der Waals surface area contributed by atoms with Crippen molar-refractivity contribution in [3.05, 3.63) is 11.9 Å². The zero-order valence-electron chi connectivity index (χ0n) is 13.0. The van der Waals surface area contributed by atoms with E-state index in [2.05, 4.69) is 36.4 Å². The standard InChI is InChI=1S/C15H30N4/c1-5-8-13(9-6-2)15(16-10-7-3)11-14-12-19(4)18-17-14/h12-13,15-16H,5-11H2,1-4H3. The van der Waals surface area contributed by atoms with Crippen LogP contribution in [0.15, 0.2) is 6.20 Å². The van der Waals surface area contributed by atoms with Crippen molar-refractivity contribution in [3.63, 3.8) is 0 Å². The lowest BCUT2D eigenvalue weighted by Crippen LogP contribution is -2.38. The summed E-state index contributed by atoms with van der Waals surface area (Å²) >= 11 is 0. The molecule has 1 rings (SSSR count). The molecule has 1 atom stereocenters. The summed E-state index contributed by atoms with van der Waals surface area (Å²) in [6.07, 6.45) is 9.34. The maximum Gasteiger partial charge on any atom is 0.0842 e. The SMILES string of the molecule is CCCNC(Cc1cn(C)nn1)C(CCC)CCC. The highest BCUT2D eigenvalue weighted by Gasteiger charge is 2.21. The highest BCUT2D eigenvalue weighted by atomic mass is 15.4. The van der Waals surface area contributed by atoms with Crippen molar-refractivity contribution in [1.29, 1.82) is 0 Å². The number of aromatic nitrogens is 3. The van der Waals surface area contributed by atoms with E-state index in [1.807, 2.05) is 13.2 Å². The normalized spacial score (nSPS) is 13.1. The Labute approximate surface area is 118 Å². The van der Waals surface area contributed by atoms with E-state index in [0.717, 1.165) is 24.6 Å². The average Bonchev–Trinajstić information content (AvgIpc) is 2.80. The van der Waals surface area contributed by atoms with Gasteiger partial charge in [-0.1, -0.05) is 38.8 Å². The molecule has 0 radical (unpaired) electrons. The van der Waals surface area contributed by atoms with Crippen LogP contribution >= 0.6 is 0 Å². The van der Waals surface area contributed by atoms with E-state index in [1.54, 1.807) is 4.68 Å². The lowest BCUT2D eigenvalue weighted by molar-refractivity contribution is 0.307. The molecule has 0 saturated carbocycles. The van der Waals surface area contributed by atoms with Crippen LogP contribution in [-0.4, -0.2) is 27.6 Å². The quantitative estimate of drug-likeness (QED) is 0.708. The minimum absolute atomic E-state index is 0.538. The Morgan fingerprint density at radius 2 is 1.84 bits per heavy atom. The van der Waals surface area contributed by atoms with Crippen LogP contribution in [0.25, 0.3) is 0 Å². The molecule has 1 aromatic rings. The van der Waals surface area contributed by atoms with Gasteiger partial charge in [-0.2, -0.15) is 0 Å². The highest BCUT2D eigenvalue weighted by molar-refractivity contribution is 4.97. The Kier molecular flexibility index (Phi) is 7.72. The minimum atomic E-state index is 0.538. The van der Waals surface area contributed by atoms with E-state index in [1.165, 1.54) is 32.1 Å². The Morgan fingerprint density at radius 1 is 1.16 bits per heavy atom. The van der Waals surface area contributed by atoms with Crippen LogP contribution < -0.4 is 5.32 Å². The molecule has 1 heterocycles. The van der Waals surface area contributed by atoms with Crippen molar-refractivity contribution in [1.82, 2.24) is 20.3 Å². The van der Waals surface area contributed by atoms with E-state index in [0.29, 0.717) is 6.04 Å². The molecule has 0 bridgehead atoms. The second kappa shape index (κ2) is 9.08. The van der Waals surface area contributed by atoms with Gasteiger partial charge in [0.05, 0.1) is 5.69 Å². The fourth-order valence-electron chi connectivity index (χ4n) is 2.74. The van der Waals surface area contributed by atoms with Crippen LogP contribution in [0.4, 0.5) is 0 Å². The Morgan fingerprint density at radius 3 is 2.32 bits per heavy atom. The van der Waals surface area contributed by atoms with Crippen LogP contribution in [0.1, 0.15) is 58.6 Å². The van der Waals surface area contributed by atoms with Crippen molar-refractivity contribution in [2.24, 2.45) is 13.0 Å². The van der Waals surface area contributed by atoms with Gasteiger partial charge in [0, 0.05) is 25.7 Å². The maximum absolute atomic E-state index is 4.24. The third-order valence-electron chi connectivity index (χ3n) is 3.62. The van der Waals surface area contributed by atoms with E-state index >= 15 is 0 Å². The van der Waals surface area contributed by atoms with Gasteiger partial charge < -0.3 is 5.32 Å². The second-order valence-electron chi connectivity index (χ2n) is 5.49. The first kappa shape index (κ1) is 16.2. The molecule has 0 aliphatic carbocycles. The molecule has 1 aromatic heterocycles. The lowest BCUT2D eigenvalue weighted by Gasteiger charge is -2.27. The predicted molar refractivity (Wildman–Crippen MR) is 80.1 cm³/mol. The molecule has 0 fully saturated rings. The van der Waals surface area contributed by atoms with Crippen LogP contribution in [-0.2, 0) is 13.5 Å². The lowest BCUT2D eigenvalue weighted by atomic mass is 9.87. The molecule has 1 unspecified atom stereocenters. The van der Waals surface area contributed by atoms with Gasteiger partial charge in [0.1, 0.15) is 0 Å². The molecule has 19 heavy (non-hydrogen) atoms. The van der Waals surface area contributed by atoms with Crippen LogP contribution in [0.2, 0.25) is 0 Å².